The van der Waals surface area contributed by atoms with Gasteiger partial charge in [-0.25, -0.2) is 0 Å². The van der Waals surface area contributed by atoms with Crippen LogP contribution >= 0.6 is 0 Å². The average molecular weight is 181 g/mol. The predicted molar refractivity (Wildman–Crippen MR) is 55.3 cm³/mol. The van der Waals surface area contributed by atoms with Crippen molar-refractivity contribution in [3.05, 3.63) is 0 Å². The molecule has 0 N–H and O–H groups in total. The molecular formula is C11H19NO. The van der Waals surface area contributed by atoms with E-state index in [-0.39, 0.29) is 0 Å². The fraction of sp³-hybridized carbons (Fsp3) is 0.818. The SMILES string of the molecule is O=CC1=NCCCCCCCCC1. The zero-order valence-electron chi connectivity index (χ0n) is 8.30. The monoisotopic (exact) mass is 181 g/mol. The Bertz CT molecular complexity index is 175. The molecule has 0 aromatic rings. The van der Waals surface area contributed by atoms with Crippen molar-refractivity contribution in [2.45, 2.75) is 51.4 Å². The van der Waals surface area contributed by atoms with Crippen LogP contribution < -0.4 is 0 Å². The first-order valence-electron chi connectivity index (χ1n) is 5.42. The summed E-state index contributed by atoms with van der Waals surface area (Å²) in [6.45, 7) is 0.855. The molecule has 1 aliphatic heterocycles. The molecule has 0 atom stereocenters. The van der Waals surface area contributed by atoms with Gasteiger partial charge in [-0.1, -0.05) is 32.1 Å². The zero-order valence-corrected chi connectivity index (χ0v) is 8.30. The molecule has 0 aromatic heterocycles. The second-order valence-electron chi connectivity index (χ2n) is 3.72. The Kier molecular flexibility index (Phi) is 5.46. The summed E-state index contributed by atoms with van der Waals surface area (Å²) < 4.78 is 0. The van der Waals surface area contributed by atoms with E-state index < -0.39 is 0 Å². The van der Waals surface area contributed by atoms with Gasteiger partial charge in [-0.15, -0.1) is 0 Å². The largest absolute Gasteiger partial charge is 0.297 e. The molecule has 0 spiro atoms. The summed E-state index contributed by atoms with van der Waals surface area (Å²) >= 11 is 0. The van der Waals surface area contributed by atoms with Gasteiger partial charge < -0.3 is 0 Å². The number of rotatable bonds is 1. The Morgan fingerprint density at radius 1 is 0.923 bits per heavy atom. The van der Waals surface area contributed by atoms with Gasteiger partial charge in [0, 0.05) is 6.54 Å². The van der Waals surface area contributed by atoms with E-state index in [2.05, 4.69) is 4.99 Å². The van der Waals surface area contributed by atoms with Crippen molar-refractivity contribution >= 4 is 12.0 Å². The van der Waals surface area contributed by atoms with Crippen molar-refractivity contribution < 1.29 is 4.79 Å². The van der Waals surface area contributed by atoms with Crippen LogP contribution in [-0.2, 0) is 4.79 Å². The molecule has 74 valence electrons. The number of carbonyl (C=O) groups is 1. The van der Waals surface area contributed by atoms with E-state index in [1.807, 2.05) is 0 Å². The Balaban J connectivity index is 2.35. The second kappa shape index (κ2) is 6.81. The van der Waals surface area contributed by atoms with Gasteiger partial charge in [0.25, 0.3) is 0 Å². The average Bonchev–Trinajstić information content (AvgIpc) is 2.22. The molecule has 0 amide bonds. The lowest BCUT2D eigenvalue weighted by atomic mass is 10.1. The quantitative estimate of drug-likeness (QED) is 0.572. The van der Waals surface area contributed by atoms with Crippen molar-refractivity contribution in [3.8, 4) is 0 Å². The molecule has 2 heteroatoms. The van der Waals surface area contributed by atoms with Gasteiger partial charge in [0.05, 0.1) is 5.71 Å². The van der Waals surface area contributed by atoms with Crippen LogP contribution in [0.4, 0.5) is 0 Å². The van der Waals surface area contributed by atoms with Crippen molar-refractivity contribution in [3.63, 3.8) is 0 Å². The van der Waals surface area contributed by atoms with Gasteiger partial charge in [-0.05, 0) is 19.3 Å². The molecule has 0 fully saturated rings. The minimum Gasteiger partial charge on any atom is -0.297 e. The molecule has 0 aromatic carbocycles. The zero-order chi connectivity index (χ0) is 9.36. The van der Waals surface area contributed by atoms with Crippen molar-refractivity contribution in [2.24, 2.45) is 4.99 Å². The van der Waals surface area contributed by atoms with Crippen molar-refractivity contribution in [2.75, 3.05) is 6.54 Å². The third kappa shape index (κ3) is 4.81. The van der Waals surface area contributed by atoms with E-state index in [0.29, 0.717) is 0 Å². The first-order valence-corrected chi connectivity index (χ1v) is 5.42. The number of hydrogen-bond donors (Lipinski definition) is 0. The Morgan fingerprint density at radius 3 is 2.23 bits per heavy atom. The summed E-state index contributed by atoms with van der Waals surface area (Å²) in [5, 5.41) is 0. The van der Waals surface area contributed by atoms with Gasteiger partial charge in [0.15, 0.2) is 6.29 Å². The first kappa shape index (κ1) is 10.4. The Morgan fingerprint density at radius 2 is 1.54 bits per heavy atom. The maximum atomic E-state index is 10.6. The summed E-state index contributed by atoms with van der Waals surface area (Å²) in [5.74, 6) is 0. The summed E-state index contributed by atoms with van der Waals surface area (Å²) in [4.78, 5) is 14.9. The summed E-state index contributed by atoms with van der Waals surface area (Å²) in [6, 6.07) is 0. The lowest BCUT2D eigenvalue weighted by Gasteiger charge is -1.98. The topological polar surface area (TPSA) is 29.4 Å². The third-order valence-corrected chi connectivity index (χ3v) is 2.54. The minimum absolute atomic E-state index is 0.780. The number of hydrogen-bond acceptors (Lipinski definition) is 2. The van der Waals surface area contributed by atoms with Gasteiger partial charge in [-0.3, -0.25) is 9.79 Å². The van der Waals surface area contributed by atoms with E-state index in [9.17, 15) is 4.79 Å². The highest BCUT2D eigenvalue weighted by Crippen LogP contribution is 2.10. The molecule has 0 unspecified atom stereocenters. The van der Waals surface area contributed by atoms with E-state index in [0.717, 1.165) is 37.8 Å². The summed E-state index contributed by atoms with van der Waals surface area (Å²) in [7, 11) is 0. The summed E-state index contributed by atoms with van der Waals surface area (Å²) in [6.07, 6.45) is 10.7. The van der Waals surface area contributed by atoms with Gasteiger partial charge in [0.1, 0.15) is 0 Å². The van der Waals surface area contributed by atoms with E-state index in [4.69, 9.17) is 0 Å². The predicted octanol–water partition coefficient (Wildman–Crippen LogP) is 2.76. The molecule has 0 saturated carbocycles. The standard InChI is InChI=1S/C11H19NO/c13-10-11-8-6-4-2-1-3-5-7-9-12-11/h10H,1-9H2. The highest BCUT2D eigenvalue weighted by molar-refractivity contribution is 6.28. The van der Waals surface area contributed by atoms with Crippen LogP contribution in [-0.4, -0.2) is 18.5 Å². The Hall–Kier alpha value is -0.660. The minimum atomic E-state index is 0.780. The number of carbonyl (C=O) groups excluding carboxylic acids is 1. The molecule has 1 aliphatic rings. The molecule has 0 aliphatic carbocycles. The number of aliphatic imine (C=N–C) groups is 1. The normalized spacial score (nSPS) is 21.4. The lowest BCUT2D eigenvalue weighted by molar-refractivity contribution is -0.102. The maximum Gasteiger partial charge on any atom is 0.163 e. The van der Waals surface area contributed by atoms with Crippen molar-refractivity contribution in [1.82, 2.24) is 0 Å². The smallest absolute Gasteiger partial charge is 0.163 e. The molecule has 1 rings (SSSR count). The third-order valence-electron chi connectivity index (χ3n) is 2.54. The van der Waals surface area contributed by atoms with Crippen LogP contribution in [0.2, 0.25) is 0 Å². The van der Waals surface area contributed by atoms with Crippen molar-refractivity contribution in [1.29, 1.82) is 0 Å². The van der Waals surface area contributed by atoms with E-state index in [1.54, 1.807) is 0 Å². The summed E-state index contributed by atoms with van der Waals surface area (Å²) in [5.41, 5.74) is 0.780. The highest BCUT2D eigenvalue weighted by atomic mass is 16.1. The maximum absolute atomic E-state index is 10.6. The van der Waals surface area contributed by atoms with Gasteiger partial charge in [0.2, 0.25) is 0 Å². The molecule has 2 nitrogen and oxygen atoms in total. The molecule has 13 heavy (non-hydrogen) atoms. The van der Waals surface area contributed by atoms with Crippen LogP contribution in [0.5, 0.6) is 0 Å². The van der Waals surface area contributed by atoms with E-state index >= 15 is 0 Å². The highest BCUT2D eigenvalue weighted by Gasteiger charge is 1.99. The van der Waals surface area contributed by atoms with Crippen LogP contribution in [0.15, 0.2) is 4.99 Å². The number of nitrogens with zero attached hydrogens (tertiary/aromatic N) is 1. The van der Waals surface area contributed by atoms with Crippen LogP contribution in [0.25, 0.3) is 0 Å². The molecule has 0 radical (unpaired) electrons. The molecule has 0 bridgehead atoms. The van der Waals surface area contributed by atoms with Crippen LogP contribution in [0.1, 0.15) is 51.4 Å². The number of aldehydes is 1. The first-order chi connectivity index (χ1) is 6.43. The molecule has 1 heterocycles. The molecule has 0 saturated heterocycles. The fourth-order valence-electron chi connectivity index (χ4n) is 1.70. The lowest BCUT2D eigenvalue weighted by Crippen LogP contribution is -2.00. The molecular weight excluding hydrogens is 162 g/mol. The fourth-order valence-corrected chi connectivity index (χ4v) is 1.70. The van der Waals surface area contributed by atoms with E-state index in [1.165, 1.54) is 32.1 Å². The van der Waals surface area contributed by atoms with Crippen LogP contribution in [0, 0.1) is 0 Å². The Labute approximate surface area is 80.4 Å². The van der Waals surface area contributed by atoms with Gasteiger partial charge >= 0.3 is 0 Å². The van der Waals surface area contributed by atoms with Crippen LogP contribution in [0.3, 0.4) is 0 Å². The second-order valence-corrected chi connectivity index (χ2v) is 3.72. The van der Waals surface area contributed by atoms with Gasteiger partial charge in [-0.2, -0.15) is 0 Å².